The van der Waals surface area contributed by atoms with E-state index in [2.05, 4.69) is 10.2 Å². The molecule has 0 aromatic heterocycles. The van der Waals surface area contributed by atoms with Crippen molar-refractivity contribution in [2.75, 3.05) is 25.1 Å². The number of carbonyl (C=O) groups excluding carboxylic acids is 1. The minimum atomic E-state index is 0.127. The molecule has 2 fully saturated rings. The van der Waals surface area contributed by atoms with Crippen LogP contribution in [0.15, 0.2) is 18.2 Å². The van der Waals surface area contributed by atoms with Gasteiger partial charge in [-0.05, 0) is 43.4 Å². The highest BCUT2D eigenvalue weighted by molar-refractivity contribution is 6.30. The lowest BCUT2D eigenvalue weighted by molar-refractivity contribution is -0.122. The van der Waals surface area contributed by atoms with Crippen LogP contribution in [0.5, 0.6) is 5.75 Å². The second kappa shape index (κ2) is 7.62. The second-order valence-electron chi connectivity index (χ2n) is 6.87. The van der Waals surface area contributed by atoms with Gasteiger partial charge in [-0.25, -0.2) is 0 Å². The third-order valence-corrected chi connectivity index (χ3v) is 5.44. The third kappa shape index (κ3) is 3.95. The lowest BCUT2D eigenvalue weighted by Gasteiger charge is -2.22. The molecule has 3 atom stereocenters. The average Bonchev–Trinajstić information content (AvgIpc) is 3.17. The van der Waals surface area contributed by atoms with Crippen LogP contribution in [0.25, 0.3) is 0 Å². The van der Waals surface area contributed by atoms with Gasteiger partial charge < -0.3 is 20.7 Å². The number of amides is 1. The van der Waals surface area contributed by atoms with Gasteiger partial charge in [-0.1, -0.05) is 18.0 Å². The monoisotopic (exact) mass is 351 g/mol. The molecule has 0 radical (unpaired) electrons. The van der Waals surface area contributed by atoms with Crippen molar-refractivity contribution in [3.8, 4) is 5.75 Å². The number of anilines is 1. The number of nitrogens with one attached hydrogen (secondary N) is 1. The molecular formula is C18H26ClN3O2. The summed E-state index contributed by atoms with van der Waals surface area (Å²) in [6.07, 6.45) is 4.75. The molecule has 3 rings (SSSR count). The Bertz CT molecular complexity index is 596. The van der Waals surface area contributed by atoms with Crippen molar-refractivity contribution >= 4 is 23.2 Å². The molecule has 1 saturated carbocycles. The van der Waals surface area contributed by atoms with Crippen molar-refractivity contribution in [3.63, 3.8) is 0 Å². The number of ether oxygens (including phenoxy) is 1. The number of carbonyl (C=O) groups is 1. The number of methoxy groups -OCH3 is 1. The zero-order chi connectivity index (χ0) is 17.1. The normalized spacial score (nSPS) is 26.6. The topological polar surface area (TPSA) is 67.6 Å². The minimum Gasteiger partial charge on any atom is -0.495 e. The van der Waals surface area contributed by atoms with Gasteiger partial charge in [0, 0.05) is 36.6 Å². The van der Waals surface area contributed by atoms with E-state index in [0.29, 0.717) is 17.4 Å². The van der Waals surface area contributed by atoms with Crippen molar-refractivity contribution in [2.45, 2.75) is 44.2 Å². The summed E-state index contributed by atoms with van der Waals surface area (Å²) in [6.45, 7) is 1.66. The van der Waals surface area contributed by atoms with E-state index in [1.807, 2.05) is 18.2 Å². The Morgan fingerprint density at radius 2 is 2.25 bits per heavy atom. The van der Waals surface area contributed by atoms with E-state index in [9.17, 15) is 4.79 Å². The van der Waals surface area contributed by atoms with Crippen LogP contribution in [0.3, 0.4) is 0 Å². The molecule has 0 bridgehead atoms. The van der Waals surface area contributed by atoms with E-state index < -0.39 is 0 Å². The van der Waals surface area contributed by atoms with E-state index in [-0.39, 0.29) is 18.0 Å². The predicted molar refractivity (Wildman–Crippen MR) is 96.7 cm³/mol. The van der Waals surface area contributed by atoms with E-state index in [1.165, 1.54) is 0 Å². The lowest BCUT2D eigenvalue weighted by atomic mass is 9.99. The van der Waals surface area contributed by atoms with Crippen LogP contribution in [0.1, 0.15) is 32.1 Å². The van der Waals surface area contributed by atoms with Crippen LogP contribution >= 0.6 is 11.6 Å². The number of benzene rings is 1. The summed E-state index contributed by atoms with van der Waals surface area (Å²) >= 11 is 6.12. The van der Waals surface area contributed by atoms with Crippen LogP contribution < -0.4 is 20.7 Å². The van der Waals surface area contributed by atoms with Crippen LogP contribution in [-0.2, 0) is 4.79 Å². The van der Waals surface area contributed by atoms with Crippen molar-refractivity contribution < 1.29 is 9.53 Å². The number of halogens is 1. The molecule has 5 nitrogen and oxygen atoms in total. The zero-order valence-corrected chi connectivity index (χ0v) is 14.9. The molecule has 2 aliphatic rings. The van der Waals surface area contributed by atoms with Crippen LogP contribution in [0.4, 0.5) is 5.69 Å². The van der Waals surface area contributed by atoms with Gasteiger partial charge in [-0.3, -0.25) is 4.79 Å². The Morgan fingerprint density at radius 3 is 2.96 bits per heavy atom. The Balaban J connectivity index is 1.55. The lowest BCUT2D eigenvalue weighted by Crippen LogP contribution is -2.39. The van der Waals surface area contributed by atoms with Crippen LogP contribution in [-0.4, -0.2) is 38.2 Å². The largest absolute Gasteiger partial charge is 0.495 e. The summed E-state index contributed by atoms with van der Waals surface area (Å²) in [6, 6.07) is 5.97. The molecule has 1 heterocycles. The minimum absolute atomic E-state index is 0.127. The standard InChI is InChI=1S/C18H26ClN3O2/c1-24-17-6-5-13(19)10-16(17)22-8-7-14(11-22)21-18(23)9-12-3-2-4-15(12)20/h5-6,10,12,14-15H,2-4,7-9,11,20H2,1H3,(H,21,23)/t12-,14?,15+/m0/s1. The highest BCUT2D eigenvalue weighted by Gasteiger charge is 2.29. The Hall–Kier alpha value is -1.46. The molecule has 132 valence electrons. The molecule has 1 unspecified atom stereocenters. The maximum absolute atomic E-state index is 12.3. The summed E-state index contributed by atoms with van der Waals surface area (Å²) in [4.78, 5) is 14.5. The fourth-order valence-electron chi connectivity index (χ4n) is 3.85. The Labute approximate surface area is 148 Å². The summed E-state index contributed by atoms with van der Waals surface area (Å²) in [7, 11) is 1.66. The predicted octanol–water partition coefficient (Wildman–Crippen LogP) is 2.56. The smallest absolute Gasteiger partial charge is 0.220 e. The van der Waals surface area contributed by atoms with Gasteiger partial charge in [0.1, 0.15) is 5.75 Å². The molecule has 1 aliphatic carbocycles. The Kier molecular flexibility index (Phi) is 5.51. The first-order valence-electron chi connectivity index (χ1n) is 8.70. The molecule has 1 aromatic rings. The maximum atomic E-state index is 12.3. The molecule has 1 aromatic carbocycles. The van der Waals surface area contributed by atoms with Gasteiger partial charge in [0.25, 0.3) is 0 Å². The number of nitrogens with zero attached hydrogens (tertiary/aromatic N) is 1. The van der Waals surface area contributed by atoms with Crippen LogP contribution in [0.2, 0.25) is 5.02 Å². The molecular weight excluding hydrogens is 326 g/mol. The molecule has 1 saturated heterocycles. The molecule has 24 heavy (non-hydrogen) atoms. The highest BCUT2D eigenvalue weighted by atomic mass is 35.5. The fourth-order valence-corrected chi connectivity index (χ4v) is 4.02. The number of rotatable bonds is 5. The fraction of sp³-hybridized carbons (Fsp3) is 0.611. The average molecular weight is 352 g/mol. The molecule has 0 spiro atoms. The van der Waals surface area contributed by atoms with Gasteiger partial charge in [-0.2, -0.15) is 0 Å². The van der Waals surface area contributed by atoms with E-state index >= 15 is 0 Å². The second-order valence-corrected chi connectivity index (χ2v) is 7.31. The first-order valence-corrected chi connectivity index (χ1v) is 9.08. The van der Waals surface area contributed by atoms with E-state index in [0.717, 1.165) is 50.2 Å². The first-order chi connectivity index (χ1) is 11.6. The van der Waals surface area contributed by atoms with Crippen molar-refractivity contribution in [2.24, 2.45) is 11.7 Å². The van der Waals surface area contributed by atoms with Gasteiger partial charge in [0.15, 0.2) is 0 Å². The summed E-state index contributed by atoms with van der Waals surface area (Å²) in [5.41, 5.74) is 7.05. The van der Waals surface area contributed by atoms with Gasteiger partial charge in [0.2, 0.25) is 5.91 Å². The summed E-state index contributed by atoms with van der Waals surface area (Å²) < 4.78 is 5.43. The highest BCUT2D eigenvalue weighted by Crippen LogP contribution is 2.33. The Morgan fingerprint density at radius 1 is 1.42 bits per heavy atom. The quantitative estimate of drug-likeness (QED) is 0.855. The van der Waals surface area contributed by atoms with E-state index in [4.69, 9.17) is 22.1 Å². The van der Waals surface area contributed by atoms with E-state index in [1.54, 1.807) is 7.11 Å². The first kappa shape index (κ1) is 17.4. The van der Waals surface area contributed by atoms with Crippen molar-refractivity contribution in [1.82, 2.24) is 5.32 Å². The number of hydrogen-bond donors (Lipinski definition) is 2. The van der Waals surface area contributed by atoms with Gasteiger partial charge in [0.05, 0.1) is 12.8 Å². The zero-order valence-electron chi connectivity index (χ0n) is 14.1. The number of nitrogens with two attached hydrogens (primary N) is 1. The third-order valence-electron chi connectivity index (χ3n) is 5.20. The van der Waals surface area contributed by atoms with Crippen LogP contribution in [0, 0.1) is 5.92 Å². The summed E-state index contributed by atoms with van der Waals surface area (Å²) in [5.74, 6) is 1.28. The van der Waals surface area contributed by atoms with Gasteiger partial charge >= 0.3 is 0 Å². The molecule has 6 heteroatoms. The van der Waals surface area contributed by atoms with Crippen molar-refractivity contribution in [3.05, 3.63) is 23.2 Å². The van der Waals surface area contributed by atoms with Gasteiger partial charge in [-0.15, -0.1) is 0 Å². The molecule has 1 aliphatic heterocycles. The molecule has 1 amide bonds. The summed E-state index contributed by atoms with van der Waals surface area (Å²) in [5, 5.41) is 3.86. The number of hydrogen-bond acceptors (Lipinski definition) is 4. The maximum Gasteiger partial charge on any atom is 0.220 e. The molecule has 3 N–H and O–H groups in total. The van der Waals surface area contributed by atoms with Crippen molar-refractivity contribution in [1.29, 1.82) is 0 Å². The SMILES string of the molecule is COc1ccc(Cl)cc1N1CCC(NC(=O)C[C@@H]2CCC[C@H]2N)C1.